The minimum absolute atomic E-state index is 0.844. The molecule has 0 aromatic carbocycles. The maximum atomic E-state index is 11.7. The molecule has 0 fully saturated rings. The Morgan fingerprint density at radius 2 is 1.48 bits per heavy atom. The number of aliphatic carboxylic acids is 2. The van der Waals surface area contributed by atoms with Gasteiger partial charge in [0.15, 0.2) is 6.10 Å². The molecule has 0 saturated carbocycles. The lowest BCUT2D eigenvalue weighted by Gasteiger charge is -2.22. The molecule has 0 rings (SSSR count). The first-order chi connectivity index (χ1) is 11.2. The maximum Gasteiger partial charge on any atom is 0.348 e. The Hall–Kier alpha value is -2.69. The first-order valence-corrected chi connectivity index (χ1v) is 6.98. The highest BCUT2D eigenvalue weighted by atomic mass is 16.6. The molecule has 0 saturated heterocycles. The van der Waals surface area contributed by atoms with Crippen LogP contribution in [0.3, 0.4) is 0 Å². The summed E-state index contributed by atoms with van der Waals surface area (Å²) in [6.45, 7) is 5.45. The molecular weight excluding hydrogens is 344 g/mol. The van der Waals surface area contributed by atoms with Gasteiger partial charge in [-0.1, -0.05) is 0 Å². The van der Waals surface area contributed by atoms with Crippen LogP contribution in [0.4, 0.5) is 0 Å². The van der Waals surface area contributed by atoms with E-state index in [1.807, 2.05) is 0 Å². The van der Waals surface area contributed by atoms with Crippen molar-refractivity contribution in [2.45, 2.75) is 58.0 Å². The van der Waals surface area contributed by atoms with Crippen LogP contribution in [0.1, 0.15) is 34.1 Å². The first kappa shape index (κ1) is 22.3. The van der Waals surface area contributed by atoms with E-state index in [2.05, 4.69) is 9.47 Å². The predicted octanol–water partition coefficient (Wildman–Crippen LogP) is -0.908. The van der Waals surface area contributed by atoms with Gasteiger partial charge < -0.3 is 29.5 Å². The van der Waals surface area contributed by atoms with E-state index in [4.69, 9.17) is 14.9 Å². The fourth-order valence-corrected chi connectivity index (χ4v) is 1.48. The number of ether oxygens (including phenoxy) is 3. The molecule has 0 unspecified atom stereocenters. The number of carbonyl (C=O) groups is 5. The van der Waals surface area contributed by atoms with Gasteiger partial charge in [-0.25, -0.2) is 14.4 Å². The van der Waals surface area contributed by atoms with Gasteiger partial charge in [-0.3, -0.25) is 9.59 Å². The fourth-order valence-electron chi connectivity index (χ4n) is 1.48. The molecule has 3 N–H and O–H groups in total. The number of carbonyl (C=O) groups excluding carboxylic acids is 3. The van der Waals surface area contributed by atoms with Gasteiger partial charge in [0.25, 0.3) is 0 Å². The zero-order valence-corrected chi connectivity index (χ0v) is 14.0. The Labute approximate surface area is 142 Å². The Morgan fingerprint density at radius 3 is 1.84 bits per heavy atom. The average molecular weight is 364 g/mol. The molecule has 11 heteroatoms. The highest BCUT2D eigenvalue weighted by molar-refractivity contribution is 5.88. The summed E-state index contributed by atoms with van der Waals surface area (Å²) in [7, 11) is 0. The van der Waals surface area contributed by atoms with Crippen LogP contribution in [-0.4, -0.2) is 69.1 Å². The molecule has 0 spiro atoms. The van der Waals surface area contributed by atoms with Crippen LogP contribution in [0.25, 0.3) is 0 Å². The third-order valence-electron chi connectivity index (χ3n) is 2.37. The van der Waals surface area contributed by atoms with Crippen LogP contribution in [0.15, 0.2) is 0 Å². The number of rotatable bonds is 8. The van der Waals surface area contributed by atoms with Crippen molar-refractivity contribution in [2.75, 3.05) is 0 Å². The number of aliphatic hydroxyl groups is 1. The second-order valence-corrected chi connectivity index (χ2v) is 5.87. The molecule has 0 aromatic rings. The van der Waals surface area contributed by atoms with Crippen LogP contribution in [0.5, 0.6) is 0 Å². The average Bonchev–Trinajstić information content (AvgIpc) is 2.40. The highest BCUT2D eigenvalue weighted by Gasteiger charge is 2.39. The molecule has 25 heavy (non-hydrogen) atoms. The maximum absolute atomic E-state index is 11.7. The van der Waals surface area contributed by atoms with E-state index < -0.39 is 60.2 Å². The lowest BCUT2D eigenvalue weighted by molar-refractivity contribution is -0.187. The first-order valence-electron chi connectivity index (χ1n) is 6.98. The van der Waals surface area contributed by atoms with Crippen LogP contribution in [0, 0.1) is 0 Å². The molecule has 3 atom stereocenters. The second kappa shape index (κ2) is 8.97. The predicted molar refractivity (Wildman–Crippen MR) is 77.2 cm³/mol. The molecule has 142 valence electrons. The third-order valence-corrected chi connectivity index (χ3v) is 2.37. The monoisotopic (exact) mass is 364 g/mol. The summed E-state index contributed by atoms with van der Waals surface area (Å²) in [6, 6.07) is 0. The van der Waals surface area contributed by atoms with E-state index in [1.54, 1.807) is 0 Å². The van der Waals surface area contributed by atoms with Gasteiger partial charge in [-0.2, -0.15) is 0 Å². The number of aliphatic hydroxyl groups excluding tert-OH is 1. The van der Waals surface area contributed by atoms with Crippen LogP contribution >= 0.6 is 0 Å². The van der Waals surface area contributed by atoms with E-state index in [1.165, 1.54) is 20.8 Å². The molecule has 0 bridgehead atoms. The zero-order chi connectivity index (χ0) is 19.9. The summed E-state index contributed by atoms with van der Waals surface area (Å²) in [5.41, 5.74) is -0.909. The standard InChI is InChI=1S/C14H20O11/c1-6(15)23-10(12(20)21)9(17)13(22)24-7(11(18)19)5-8(16)25-14(2,3)4/h7,9-10,17H,5H2,1-4H3,(H,18,19)(H,20,21)/t7-,9-,10-/m1/s1. The number of carboxylic acids is 2. The summed E-state index contributed by atoms with van der Waals surface area (Å²) in [5, 5.41) is 27.4. The molecule has 0 radical (unpaired) electrons. The van der Waals surface area contributed by atoms with Gasteiger partial charge in [0.1, 0.15) is 5.60 Å². The van der Waals surface area contributed by atoms with Gasteiger partial charge in [0.2, 0.25) is 12.2 Å². The molecule has 0 amide bonds. The highest BCUT2D eigenvalue weighted by Crippen LogP contribution is 2.12. The summed E-state index contributed by atoms with van der Waals surface area (Å²) in [4.78, 5) is 56.1. The third kappa shape index (κ3) is 8.65. The molecule has 0 aromatic heterocycles. The van der Waals surface area contributed by atoms with Crippen LogP contribution < -0.4 is 0 Å². The lowest BCUT2D eigenvalue weighted by atomic mass is 10.1. The zero-order valence-electron chi connectivity index (χ0n) is 14.0. The van der Waals surface area contributed by atoms with Crippen molar-refractivity contribution in [3.05, 3.63) is 0 Å². The van der Waals surface area contributed by atoms with Crippen molar-refractivity contribution in [3.8, 4) is 0 Å². The van der Waals surface area contributed by atoms with Gasteiger partial charge in [-0.05, 0) is 20.8 Å². The van der Waals surface area contributed by atoms with E-state index in [0.29, 0.717) is 0 Å². The minimum Gasteiger partial charge on any atom is -0.478 e. The van der Waals surface area contributed by atoms with Crippen molar-refractivity contribution >= 4 is 29.8 Å². The summed E-state index contributed by atoms with van der Waals surface area (Å²) < 4.78 is 13.6. The van der Waals surface area contributed by atoms with Crippen molar-refractivity contribution in [3.63, 3.8) is 0 Å². The topological polar surface area (TPSA) is 174 Å². The summed E-state index contributed by atoms with van der Waals surface area (Å²) >= 11 is 0. The Kier molecular flexibility index (Phi) is 8.00. The van der Waals surface area contributed by atoms with Crippen LogP contribution in [0.2, 0.25) is 0 Å². The van der Waals surface area contributed by atoms with Crippen molar-refractivity contribution < 1.29 is 53.5 Å². The quantitative estimate of drug-likeness (QED) is 0.359. The Morgan fingerprint density at radius 1 is 0.960 bits per heavy atom. The number of hydrogen-bond acceptors (Lipinski definition) is 9. The smallest absolute Gasteiger partial charge is 0.348 e. The van der Waals surface area contributed by atoms with Gasteiger partial charge in [0.05, 0.1) is 6.42 Å². The number of hydrogen-bond donors (Lipinski definition) is 3. The summed E-state index contributed by atoms with van der Waals surface area (Å²) in [5.74, 6) is -7.34. The van der Waals surface area contributed by atoms with Gasteiger partial charge in [0, 0.05) is 6.92 Å². The Bertz CT molecular complexity index is 545. The molecule has 0 heterocycles. The van der Waals surface area contributed by atoms with Crippen LogP contribution in [-0.2, 0) is 38.2 Å². The Balaban J connectivity index is 5.04. The summed E-state index contributed by atoms with van der Waals surface area (Å²) in [6.07, 6.45) is -7.66. The van der Waals surface area contributed by atoms with Crippen molar-refractivity contribution in [1.29, 1.82) is 0 Å². The molecule has 0 aliphatic rings. The minimum atomic E-state index is -2.48. The molecular formula is C14H20O11. The SMILES string of the molecule is CC(=O)O[C@@H](C(=O)O)[C@@H](O)C(=O)O[C@H](CC(=O)OC(C)(C)C)C(=O)O. The largest absolute Gasteiger partial charge is 0.478 e. The van der Waals surface area contributed by atoms with Gasteiger partial charge in [-0.15, -0.1) is 0 Å². The van der Waals surface area contributed by atoms with E-state index >= 15 is 0 Å². The molecule has 0 aliphatic carbocycles. The molecule has 0 aliphatic heterocycles. The van der Waals surface area contributed by atoms with Crippen molar-refractivity contribution in [1.82, 2.24) is 0 Å². The fraction of sp³-hybridized carbons (Fsp3) is 0.643. The van der Waals surface area contributed by atoms with Gasteiger partial charge >= 0.3 is 29.8 Å². The number of carboxylic acid groups (broad SMARTS) is 2. The van der Waals surface area contributed by atoms with E-state index in [0.717, 1.165) is 6.92 Å². The number of esters is 3. The van der Waals surface area contributed by atoms with Crippen molar-refractivity contribution in [2.24, 2.45) is 0 Å². The van der Waals surface area contributed by atoms with E-state index in [9.17, 15) is 29.1 Å². The second-order valence-electron chi connectivity index (χ2n) is 5.87. The lowest BCUT2D eigenvalue weighted by Crippen LogP contribution is -2.45. The normalized spacial score (nSPS) is 14.6. The van der Waals surface area contributed by atoms with E-state index in [-0.39, 0.29) is 0 Å². The molecule has 11 nitrogen and oxygen atoms in total.